The Bertz CT molecular complexity index is 318. The Balaban J connectivity index is 2.32. The highest BCUT2D eigenvalue weighted by Gasteiger charge is 2.32. The summed E-state index contributed by atoms with van der Waals surface area (Å²) in [4.78, 5) is 33.0. The Kier molecular flexibility index (Phi) is 3.51. The molecule has 0 saturated carbocycles. The highest BCUT2D eigenvalue weighted by atomic mass is 16.6. The molecule has 1 rings (SSSR count). The lowest BCUT2D eigenvalue weighted by Crippen LogP contribution is -2.30. The second-order valence-electron chi connectivity index (χ2n) is 4.53. The summed E-state index contributed by atoms with van der Waals surface area (Å²) in [5, 5.41) is 2.30. The summed E-state index contributed by atoms with van der Waals surface area (Å²) >= 11 is 0. The summed E-state index contributed by atoms with van der Waals surface area (Å²) in [7, 11) is 0. The minimum absolute atomic E-state index is 0.0668. The van der Waals surface area contributed by atoms with Gasteiger partial charge in [-0.3, -0.25) is 4.79 Å². The van der Waals surface area contributed by atoms with Crippen molar-refractivity contribution in [2.24, 2.45) is 0 Å². The quantitative estimate of drug-likeness (QED) is 0.570. The highest BCUT2D eigenvalue weighted by molar-refractivity contribution is 5.95. The first-order valence-electron chi connectivity index (χ1n) is 5.02. The van der Waals surface area contributed by atoms with Gasteiger partial charge in [-0.25, -0.2) is 9.59 Å². The molecule has 1 fully saturated rings. The van der Waals surface area contributed by atoms with E-state index in [1.807, 2.05) is 0 Å². The van der Waals surface area contributed by atoms with Crippen molar-refractivity contribution < 1.29 is 23.9 Å². The minimum Gasteiger partial charge on any atom is -0.460 e. The first-order chi connectivity index (χ1) is 7.28. The molecule has 16 heavy (non-hydrogen) atoms. The molecular formula is C10H15NO5. The third-order valence-corrected chi connectivity index (χ3v) is 1.83. The van der Waals surface area contributed by atoms with Gasteiger partial charge in [0, 0.05) is 6.42 Å². The highest BCUT2D eigenvalue weighted by Crippen LogP contribution is 2.12. The van der Waals surface area contributed by atoms with Crippen molar-refractivity contribution in [2.75, 3.05) is 0 Å². The van der Waals surface area contributed by atoms with Gasteiger partial charge in [-0.1, -0.05) is 0 Å². The number of nitrogens with one attached hydrogen (secondary N) is 1. The molecule has 0 spiro atoms. The van der Waals surface area contributed by atoms with E-state index in [0.29, 0.717) is 0 Å². The molecule has 1 atom stereocenters. The summed E-state index contributed by atoms with van der Waals surface area (Å²) in [5.74, 6) is -1.05. The summed E-state index contributed by atoms with van der Waals surface area (Å²) in [5.41, 5.74) is -0.545. The first-order valence-corrected chi connectivity index (χ1v) is 5.02. The monoisotopic (exact) mass is 229 g/mol. The summed E-state index contributed by atoms with van der Waals surface area (Å²) < 4.78 is 9.32. The van der Waals surface area contributed by atoms with Gasteiger partial charge < -0.3 is 14.8 Å². The van der Waals surface area contributed by atoms with Gasteiger partial charge in [0.15, 0.2) is 0 Å². The van der Waals surface area contributed by atoms with Crippen LogP contribution in [-0.4, -0.2) is 29.7 Å². The maximum absolute atomic E-state index is 11.3. The Morgan fingerprint density at radius 2 is 2.06 bits per heavy atom. The molecule has 6 heteroatoms. The van der Waals surface area contributed by atoms with E-state index in [9.17, 15) is 14.4 Å². The van der Waals surface area contributed by atoms with Crippen LogP contribution in [0.4, 0.5) is 4.79 Å². The van der Waals surface area contributed by atoms with Crippen LogP contribution >= 0.6 is 0 Å². The molecule has 0 aliphatic carbocycles. The number of amides is 1. The van der Waals surface area contributed by atoms with Gasteiger partial charge in [0.25, 0.3) is 0 Å². The average Bonchev–Trinajstić information content (AvgIpc) is 2.38. The van der Waals surface area contributed by atoms with Crippen LogP contribution < -0.4 is 5.32 Å². The normalized spacial score (nSPS) is 20.3. The molecule has 1 aliphatic heterocycles. The smallest absolute Gasteiger partial charge is 0.415 e. The molecule has 0 aromatic carbocycles. The molecule has 90 valence electrons. The third kappa shape index (κ3) is 3.88. The Morgan fingerprint density at radius 3 is 2.50 bits per heavy atom. The average molecular weight is 229 g/mol. The van der Waals surface area contributed by atoms with E-state index in [1.165, 1.54) is 0 Å². The zero-order valence-corrected chi connectivity index (χ0v) is 9.53. The topological polar surface area (TPSA) is 81.7 Å². The lowest BCUT2D eigenvalue weighted by atomic mass is 10.1. The molecule has 1 saturated heterocycles. The van der Waals surface area contributed by atoms with E-state index >= 15 is 0 Å². The van der Waals surface area contributed by atoms with Gasteiger partial charge in [-0.15, -0.1) is 0 Å². The summed E-state index contributed by atoms with van der Waals surface area (Å²) in [6.45, 7) is 5.28. The largest absolute Gasteiger partial charge is 0.460 e. The van der Waals surface area contributed by atoms with Crippen LogP contribution in [0.1, 0.15) is 33.6 Å². The molecule has 0 radical (unpaired) electrons. The van der Waals surface area contributed by atoms with Crippen molar-refractivity contribution in [3.8, 4) is 0 Å². The van der Waals surface area contributed by atoms with Crippen molar-refractivity contribution in [3.63, 3.8) is 0 Å². The Morgan fingerprint density at radius 1 is 1.44 bits per heavy atom. The van der Waals surface area contributed by atoms with Gasteiger partial charge in [-0.2, -0.15) is 0 Å². The third-order valence-electron chi connectivity index (χ3n) is 1.83. The number of carbonyl (C=O) groups is 3. The lowest BCUT2D eigenvalue weighted by Gasteiger charge is -2.19. The zero-order chi connectivity index (χ0) is 12.3. The number of cyclic esters (lactones) is 2. The van der Waals surface area contributed by atoms with Gasteiger partial charge >= 0.3 is 18.0 Å². The van der Waals surface area contributed by atoms with Crippen LogP contribution in [0.2, 0.25) is 0 Å². The van der Waals surface area contributed by atoms with E-state index in [2.05, 4.69) is 10.1 Å². The summed E-state index contributed by atoms with van der Waals surface area (Å²) in [6, 6.07) is -0.736. The standard InChI is InChI=1S/C10H15NO5/c1-10(2,3)16-7(12)5-4-6-8(13)15-9(14)11-6/h6H,4-5H2,1-3H3,(H,11,14)/t6-/m1/s1. The number of rotatable bonds is 3. The maximum atomic E-state index is 11.3. The molecule has 0 aromatic rings. The Labute approximate surface area is 93.3 Å². The van der Waals surface area contributed by atoms with E-state index in [1.54, 1.807) is 20.8 Å². The van der Waals surface area contributed by atoms with E-state index in [4.69, 9.17) is 4.74 Å². The van der Waals surface area contributed by atoms with Crippen molar-refractivity contribution in [1.29, 1.82) is 0 Å². The number of hydrogen-bond donors (Lipinski definition) is 1. The van der Waals surface area contributed by atoms with Crippen molar-refractivity contribution in [1.82, 2.24) is 5.32 Å². The van der Waals surface area contributed by atoms with Gasteiger partial charge in [0.05, 0.1) is 0 Å². The predicted molar refractivity (Wildman–Crippen MR) is 53.5 cm³/mol. The van der Waals surface area contributed by atoms with Crippen LogP contribution in [0, 0.1) is 0 Å². The van der Waals surface area contributed by atoms with Crippen LogP contribution in [0.3, 0.4) is 0 Å². The van der Waals surface area contributed by atoms with Gasteiger partial charge in [-0.05, 0) is 27.2 Å². The first kappa shape index (κ1) is 12.5. The minimum atomic E-state index is -0.765. The number of carbonyl (C=O) groups excluding carboxylic acids is 3. The van der Waals surface area contributed by atoms with Crippen LogP contribution in [0.25, 0.3) is 0 Å². The van der Waals surface area contributed by atoms with Crippen LogP contribution in [0.15, 0.2) is 0 Å². The summed E-state index contributed by atoms with van der Waals surface area (Å²) in [6.07, 6.45) is -0.504. The number of alkyl carbamates (subject to hydrolysis) is 1. The second-order valence-corrected chi connectivity index (χ2v) is 4.53. The predicted octanol–water partition coefficient (Wildman–Crippen LogP) is 0.743. The van der Waals surface area contributed by atoms with Crippen molar-refractivity contribution in [3.05, 3.63) is 0 Å². The van der Waals surface area contributed by atoms with Crippen molar-refractivity contribution >= 4 is 18.0 Å². The molecule has 1 aliphatic rings. The maximum Gasteiger partial charge on any atom is 0.415 e. The molecule has 1 amide bonds. The molecule has 0 unspecified atom stereocenters. The van der Waals surface area contributed by atoms with E-state index in [0.717, 1.165) is 0 Å². The lowest BCUT2D eigenvalue weighted by molar-refractivity contribution is -0.155. The number of ether oxygens (including phenoxy) is 2. The second kappa shape index (κ2) is 4.51. The fraction of sp³-hybridized carbons (Fsp3) is 0.700. The van der Waals surface area contributed by atoms with Crippen molar-refractivity contribution in [2.45, 2.75) is 45.3 Å². The molecule has 6 nitrogen and oxygen atoms in total. The van der Waals surface area contributed by atoms with Crippen LogP contribution in [-0.2, 0) is 19.1 Å². The molecule has 1 heterocycles. The van der Waals surface area contributed by atoms with E-state index in [-0.39, 0.29) is 12.8 Å². The fourth-order valence-corrected chi connectivity index (χ4v) is 1.24. The molecule has 0 aromatic heterocycles. The molecule has 0 bridgehead atoms. The zero-order valence-electron chi connectivity index (χ0n) is 9.53. The number of esters is 2. The number of hydrogen-bond acceptors (Lipinski definition) is 5. The van der Waals surface area contributed by atoms with Crippen LogP contribution in [0.5, 0.6) is 0 Å². The van der Waals surface area contributed by atoms with Gasteiger partial charge in [0.1, 0.15) is 11.6 Å². The van der Waals surface area contributed by atoms with Gasteiger partial charge in [0.2, 0.25) is 0 Å². The SMILES string of the molecule is CC(C)(C)OC(=O)CC[C@H]1NC(=O)OC1=O. The molecule has 1 N–H and O–H groups in total. The Hall–Kier alpha value is -1.59. The fourth-order valence-electron chi connectivity index (χ4n) is 1.24. The van der Waals surface area contributed by atoms with E-state index < -0.39 is 29.7 Å². The molecular weight excluding hydrogens is 214 g/mol.